The fourth-order valence-corrected chi connectivity index (χ4v) is 3.80. The van der Waals surface area contributed by atoms with Crippen molar-refractivity contribution in [2.75, 3.05) is 32.8 Å². The Bertz CT molecular complexity index is 854. The molecule has 0 N–H and O–H groups in total. The first-order chi connectivity index (χ1) is 12.9. The smallest absolute Gasteiger partial charge is 0.258 e. The number of rotatable bonds is 4. The molecule has 1 aromatic heterocycles. The van der Waals surface area contributed by atoms with Gasteiger partial charge in [-0.3, -0.25) is 9.59 Å². The van der Waals surface area contributed by atoms with Gasteiger partial charge in [0.05, 0.1) is 22.2 Å². The summed E-state index contributed by atoms with van der Waals surface area (Å²) in [6.07, 6.45) is 0. The molecule has 0 spiro atoms. The molecule has 7 heteroatoms. The molecule has 2 aromatic rings. The van der Waals surface area contributed by atoms with Crippen molar-refractivity contribution in [2.45, 2.75) is 20.8 Å². The van der Waals surface area contributed by atoms with Crippen LogP contribution in [0.25, 0.3) is 0 Å². The third-order valence-corrected chi connectivity index (χ3v) is 5.63. The largest absolute Gasteiger partial charge is 0.493 e. The maximum absolute atomic E-state index is 12.9. The third kappa shape index (κ3) is 3.88. The minimum Gasteiger partial charge on any atom is -0.493 e. The van der Waals surface area contributed by atoms with Crippen molar-refractivity contribution in [2.24, 2.45) is 0 Å². The monoisotopic (exact) mass is 434 g/mol. The molecule has 1 fully saturated rings. The van der Waals surface area contributed by atoms with Crippen molar-refractivity contribution in [3.8, 4) is 5.75 Å². The van der Waals surface area contributed by atoms with Crippen LogP contribution in [0.2, 0.25) is 0 Å². The fourth-order valence-electron chi connectivity index (χ4n) is 3.27. The molecule has 0 atom stereocenters. The van der Waals surface area contributed by atoms with Crippen LogP contribution in [0, 0.1) is 13.8 Å². The van der Waals surface area contributed by atoms with Crippen LogP contribution in [0.5, 0.6) is 5.75 Å². The Labute approximate surface area is 167 Å². The van der Waals surface area contributed by atoms with Crippen molar-refractivity contribution >= 4 is 27.7 Å². The molecule has 3 rings (SSSR count). The summed E-state index contributed by atoms with van der Waals surface area (Å²) in [6.45, 7) is 7.94. The predicted molar refractivity (Wildman–Crippen MR) is 105 cm³/mol. The van der Waals surface area contributed by atoms with Crippen molar-refractivity contribution < 1.29 is 18.7 Å². The summed E-state index contributed by atoms with van der Waals surface area (Å²) in [5.74, 6) is 1.75. The summed E-state index contributed by atoms with van der Waals surface area (Å²) >= 11 is 3.44. The van der Waals surface area contributed by atoms with Crippen LogP contribution in [0.4, 0.5) is 0 Å². The minimum absolute atomic E-state index is 0.0670. The minimum atomic E-state index is -0.0713. The van der Waals surface area contributed by atoms with E-state index in [0.29, 0.717) is 65.7 Å². The van der Waals surface area contributed by atoms with E-state index in [2.05, 4.69) is 15.9 Å². The van der Waals surface area contributed by atoms with E-state index in [1.54, 1.807) is 28.9 Å². The van der Waals surface area contributed by atoms with Crippen molar-refractivity contribution in [1.29, 1.82) is 0 Å². The zero-order valence-corrected chi connectivity index (χ0v) is 17.3. The number of para-hydroxylation sites is 1. The summed E-state index contributed by atoms with van der Waals surface area (Å²) in [5.41, 5.74) is 1.12. The van der Waals surface area contributed by atoms with Crippen molar-refractivity contribution in [1.82, 2.24) is 9.80 Å². The Morgan fingerprint density at radius 2 is 1.63 bits per heavy atom. The van der Waals surface area contributed by atoms with Gasteiger partial charge in [0, 0.05) is 26.2 Å². The molecule has 1 aromatic carbocycles. The Hall–Kier alpha value is -2.28. The highest BCUT2D eigenvalue weighted by Crippen LogP contribution is 2.29. The number of aryl methyl sites for hydroxylation is 2. The third-order valence-electron chi connectivity index (χ3n) is 4.67. The summed E-state index contributed by atoms with van der Waals surface area (Å²) in [6, 6.07) is 7.26. The molecule has 6 nitrogen and oxygen atoms in total. The number of furan rings is 1. The van der Waals surface area contributed by atoms with E-state index in [9.17, 15) is 9.59 Å². The van der Waals surface area contributed by atoms with E-state index >= 15 is 0 Å². The van der Waals surface area contributed by atoms with Crippen molar-refractivity contribution in [3.05, 3.63) is 51.4 Å². The highest BCUT2D eigenvalue weighted by Gasteiger charge is 2.30. The van der Waals surface area contributed by atoms with Crippen LogP contribution < -0.4 is 4.74 Å². The molecule has 144 valence electrons. The lowest BCUT2D eigenvalue weighted by molar-refractivity contribution is 0.0531. The molecule has 1 aliphatic heterocycles. The molecular weight excluding hydrogens is 412 g/mol. The fraction of sp³-hybridized carbons (Fsp3) is 0.400. The van der Waals surface area contributed by atoms with Gasteiger partial charge in [0.2, 0.25) is 0 Å². The molecule has 1 aliphatic rings. The van der Waals surface area contributed by atoms with E-state index in [0.717, 1.165) is 0 Å². The molecular formula is C20H23BrN2O4. The molecule has 0 aliphatic carbocycles. The first-order valence-corrected chi connectivity index (χ1v) is 9.79. The summed E-state index contributed by atoms with van der Waals surface area (Å²) in [4.78, 5) is 29.3. The van der Waals surface area contributed by atoms with Gasteiger partial charge in [0.15, 0.2) is 0 Å². The molecule has 27 heavy (non-hydrogen) atoms. The maximum Gasteiger partial charge on any atom is 0.258 e. The van der Waals surface area contributed by atoms with Gasteiger partial charge in [-0.05, 0) is 48.8 Å². The number of piperazine rings is 1. The quantitative estimate of drug-likeness (QED) is 0.736. The van der Waals surface area contributed by atoms with Crippen LogP contribution in [0.15, 0.2) is 33.2 Å². The average Bonchev–Trinajstić information content (AvgIpc) is 2.93. The van der Waals surface area contributed by atoms with E-state index in [1.165, 1.54) is 0 Å². The number of ether oxygens (including phenoxy) is 1. The highest BCUT2D eigenvalue weighted by molar-refractivity contribution is 9.10. The standard InChI is InChI=1S/C20H23BrN2O4/c1-4-26-16-8-6-5-7-15(16)19(24)22-9-11-23(12-10-22)20(25)17-13(2)27-14(3)18(17)21/h5-8H,4,9-12H2,1-3H3. The number of nitrogens with zero attached hydrogens (tertiary/aromatic N) is 2. The average molecular weight is 435 g/mol. The zero-order valence-electron chi connectivity index (χ0n) is 15.8. The number of amides is 2. The van der Waals surface area contributed by atoms with Crippen LogP contribution in [0.1, 0.15) is 39.2 Å². The predicted octanol–water partition coefficient (Wildman–Crippen LogP) is 3.66. The van der Waals surface area contributed by atoms with Gasteiger partial charge in [-0.25, -0.2) is 0 Å². The SMILES string of the molecule is CCOc1ccccc1C(=O)N1CCN(C(=O)c2c(C)oc(C)c2Br)CC1. The summed E-state index contributed by atoms with van der Waals surface area (Å²) in [5, 5.41) is 0. The number of hydrogen-bond acceptors (Lipinski definition) is 4. The van der Waals surface area contributed by atoms with Gasteiger partial charge in [0.1, 0.15) is 17.3 Å². The maximum atomic E-state index is 12.9. The summed E-state index contributed by atoms with van der Waals surface area (Å²) in [7, 11) is 0. The highest BCUT2D eigenvalue weighted by atomic mass is 79.9. The zero-order chi connectivity index (χ0) is 19.6. The second-order valence-electron chi connectivity index (χ2n) is 6.42. The number of carbonyl (C=O) groups excluding carboxylic acids is 2. The lowest BCUT2D eigenvalue weighted by Gasteiger charge is -2.35. The van der Waals surface area contributed by atoms with E-state index in [1.807, 2.05) is 26.0 Å². The first kappa shape index (κ1) is 19.5. The number of carbonyl (C=O) groups is 2. The Kier molecular flexibility index (Phi) is 5.89. The van der Waals surface area contributed by atoms with E-state index in [4.69, 9.17) is 9.15 Å². The molecule has 0 saturated carbocycles. The van der Waals surface area contributed by atoms with Crippen LogP contribution in [-0.2, 0) is 0 Å². The van der Waals surface area contributed by atoms with Gasteiger partial charge < -0.3 is 19.0 Å². The van der Waals surface area contributed by atoms with Gasteiger partial charge >= 0.3 is 0 Å². The van der Waals surface area contributed by atoms with Crippen molar-refractivity contribution in [3.63, 3.8) is 0 Å². The van der Waals surface area contributed by atoms with Crippen LogP contribution >= 0.6 is 15.9 Å². The van der Waals surface area contributed by atoms with Gasteiger partial charge in [-0.15, -0.1) is 0 Å². The number of hydrogen-bond donors (Lipinski definition) is 0. The second kappa shape index (κ2) is 8.17. The molecule has 0 radical (unpaired) electrons. The van der Waals surface area contributed by atoms with E-state index in [-0.39, 0.29) is 11.8 Å². The topological polar surface area (TPSA) is 63.0 Å². The molecule has 1 saturated heterocycles. The Balaban J connectivity index is 1.68. The van der Waals surface area contributed by atoms with E-state index < -0.39 is 0 Å². The molecule has 0 unspecified atom stereocenters. The van der Waals surface area contributed by atoms with Crippen LogP contribution in [0.3, 0.4) is 0 Å². The van der Waals surface area contributed by atoms with Gasteiger partial charge in [0.25, 0.3) is 11.8 Å². The molecule has 2 amide bonds. The summed E-state index contributed by atoms with van der Waals surface area (Å²) < 4.78 is 11.8. The number of halogens is 1. The Morgan fingerprint density at radius 1 is 1.04 bits per heavy atom. The second-order valence-corrected chi connectivity index (χ2v) is 7.21. The number of benzene rings is 1. The lowest BCUT2D eigenvalue weighted by atomic mass is 10.1. The Morgan fingerprint density at radius 3 is 2.19 bits per heavy atom. The molecule has 2 heterocycles. The van der Waals surface area contributed by atoms with Crippen LogP contribution in [-0.4, -0.2) is 54.4 Å². The lowest BCUT2D eigenvalue weighted by Crippen LogP contribution is -2.50. The molecule has 0 bridgehead atoms. The normalized spacial score (nSPS) is 14.4. The first-order valence-electron chi connectivity index (χ1n) is 8.99. The van der Waals surface area contributed by atoms with Gasteiger partial charge in [-0.2, -0.15) is 0 Å². The van der Waals surface area contributed by atoms with Gasteiger partial charge in [-0.1, -0.05) is 12.1 Å².